The van der Waals surface area contributed by atoms with Crippen LogP contribution >= 0.6 is 27.7 Å². The van der Waals surface area contributed by atoms with Crippen molar-refractivity contribution in [3.8, 4) is 0 Å². The minimum atomic E-state index is 0.790. The molecule has 0 unspecified atom stereocenters. The van der Waals surface area contributed by atoms with Crippen molar-refractivity contribution in [2.75, 3.05) is 0 Å². The van der Waals surface area contributed by atoms with E-state index >= 15 is 0 Å². The van der Waals surface area contributed by atoms with Crippen LogP contribution in [-0.4, -0.2) is 30.0 Å². The van der Waals surface area contributed by atoms with Gasteiger partial charge in [-0.1, -0.05) is 18.7 Å². The third-order valence-electron chi connectivity index (χ3n) is 2.42. The van der Waals surface area contributed by atoms with Crippen LogP contribution in [0.1, 0.15) is 18.3 Å². The number of halogens is 1. The molecule has 0 N–H and O–H groups in total. The average molecular weight is 317 g/mol. The van der Waals surface area contributed by atoms with Gasteiger partial charge < -0.3 is 0 Å². The van der Waals surface area contributed by atoms with Crippen molar-refractivity contribution < 1.29 is 0 Å². The molecule has 2 rings (SSSR count). The number of tetrazole rings is 1. The zero-order valence-corrected chi connectivity index (χ0v) is 12.3. The minimum absolute atomic E-state index is 0.790. The monoisotopic (exact) mass is 316 g/mol. The largest absolute Gasteiger partial charge is 0.270 e. The number of rotatable bonds is 4. The molecule has 92 valence electrons. The van der Waals surface area contributed by atoms with Gasteiger partial charge in [-0.05, 0) is 32.8 Å². The van der Waals surface area contributed by atoms with E-state index < -0.39 is 0 Å². The van der Waals surface area contributed by atoms with E-state index in [1.54, 1.807) is 16.4 Å². The van der Waals surface area contributed by atoms with Crippen molar-refractivity contribution in [3.05, 3.63) is 15.9 Å². The quantitative estimate of drug-likeness (QED) is 0.801. The van der Waals surface area contributed by atoms with Gasteiger partial charge in [0.15, 0.2) is 0 Å². The highest BCUT2D eigenvalue weighted by atomic mass is 79.9. The Morgan fingerprint density at radius 3 is 2.59 bits per heavy atom. The lowest BCUT2D eigenvalue weighted by Gasteiger charge is -2.01. The zero-order chi connectivity index (χ0) is 12.4. The molecular weight excluding hydrogens is 304 g/mol. The molecule has 0 spiro atoms. The summed E-state index contributed by atoms with van der Waals surface area (Å²) in [6.45, 7) is 2.09. The predicted molar refractivity (Wildman–Crippen MR) is 68.6 cm³/mol. The van der Waals surface area contributed by atoms with Crippen molar-refractivity contribution >= 4 is 27.7 Å². The van der Waals surface area contributed by atoms with E-state index in [0.29, 0.717) is 0 Å². The van der Waals surface area contributed by atoms with Crippen LogP contribution in [0.5, 0.6) is 0 Å². The molecular formula is C9H13BrN6S. The Morgan fingerprint density at radius 1 is 1.29 bits per heavy atom. The first-order chi connectivity index (χ1) is 8.13. The number of aryl methyl sites for hydroxylation is 3. The van der Waals surface area contributed by atoms with Gasteiger partial charge in [-0.15, -0.1) is 5.10 Å². The minimum Gasteiger partial charge on any atom is -0.270 e. The molecule has 8 heteroatoms. The van der Waals surface area contributed by atoms with Crippen LogP contribution in [0.4, 0.5) is 0 Å². The van der Waals surface area contributed by atoms with E-state index in [1.807, 2.05) is 18.8 Å². The maximum atomic E-state index is 4.45. The van der Waals surface area contributed by atoms with Crippen molar-refractivity contribution in [1.82, 2.24) is 30.0 Å². The Hall–Kier alpha value is -0.890. The first-order valence-corrected chi connectivity index (χ1v) is 6.96. The highest BCUT2D eigenvalue weighted by Crippen LogP contribution is 2.27. The molecule has 0 aliphatic carbocycles. The van der Waals surface area contributed by atoms with Crippen LogP contribution in [-0.2, 0) is 26.3 Å². The molecule has 0 atom stereocenters. The van der Waals surface area contributed by atoms with Crippen molar-refractivity contribution in [2.45, 2.75) is 24.3 Å². The molecule has 17 heavy (non-hydrogen) atoms. The van der Waals surface area contributed by atoms with E-state index in [2.05, 4.69) is 43.5 Å². The van der Waals surface area contributed by atoms with Gasteiger partial charge in [-0.3, -0.25) is 4.68 Å². The Labute approximate surface area is 112 Å². The molecule has 0 saturated carbocycles. The van der Waals surface area contributed by atoms with Crippen LogP contribution in [0, 0.1) is 0 Å². The fourth-order valence-corrected chi connectivity index (χ4v) is 3.31. The van der Waals surface area contributed by atoms with Gasteiger partial charge in [-0.2, -0.15) is 5.10 Å². The third-order valence-corrected chi connectivity index (χ3v) is 4.36. The Balaban J connectivity index is 2.14. The molecule has 0 saturated heterocycles. The summed E-state index contributed by atoms with van der Waals surface area (Å²) in [6, 6.07) is 0. The maximum absolute atomic E-state index is 4.45. The lowest BCUT2D eigenvalue weighted by molar-refractivity contribution is 0.663. The van der Waals surface area contributed by atoms with Gasteiger partial charge in [0.05, 0.1) is 15.9 Å². The van der Waals surface area contributed by atoms with E-state index in [9.17, 15) is 0 Å². The van der Waals surface area contributed by atoms with E-state index in [-0.39, 0.29) is 0 Å². The summed E-state index contributed by atoms with van der Waals surface area (Å²) >= 11 is 5.18. The lowest BCUT2D eigenvalue weighted by Crippen LogP contribution is -1.98. The molecule has 0 amide bonds. The number of nitrogens with zero attached hydrogens (tertiary/aromatic N) is 6. The van der Waals surface area contributed by atoms with Crippen LogP contribution in [0.25, 0.3) is 0 Å². The molecule has 2 heterocycles. The van der Waals surface area contributed by atoms with E-state index in [4.69, 9.17) is 0 Å². The van der Waals surface area contributed by atoms with Gasteiger partial charge in [0.25, 0.3) is 0 Å². The summed E-state index contributed by atoms with van der Waals surface area (Å²) in [5.74, 6) is 0.790. The van der Waals surface area contributed by atoms with Gasteiger partial charge in [0.2, 0.25) is 5.16 Å². The summed E-state index contributed by atoms with van der Waals surface area (Å²) in [4.78, 5) is 0. The third kappa shape index (κ3) is 2.52. The van der Waals surface area contributed by atoms with Crippen LogP contribution < -0.4 is 0 Å². The summed E-state index contributed by atoms with van der Waals surface area (Å²) in [5.41, 5.74) is 2.23. The summed E-state index contributed by atoms with van der Waals surface area (Å²) in [6.07, 6.45) is 0.921. The van der Waals surface area contributed by atoms with E-state index in [1.165, 1.54) is 0 Å². The Morgan fingerprint density at radius 2 is 2.06 bits per heavy atom. The fraction of sp³-hybridized carbons (Fsp3) is 0.556. The number of aromatic nitrogens is 6. The standard InChI is InChI=1S/C9H13BrN6S/c1-4-6-8(10)7(15(2)12-6)5-17-9-11-13-14-16(9)3/h4-5H2,1-3H3. The first kappa shape index (κ1) is 12.6. The smallest absolute Gasteiger partial charge is 0.209 e. The number of hydrogen-bond donors (Lipinski definition) is 0. The first-order valence-electron chi connectivity index (χ1n) is 5.18. The molecule has 0 radical (unpaired) electrons. The van der Waals surface area contributed by atoms with Crippen molar-refractivity contribution in [3.63, 3.8) is 0 Å². The Bertz CT molecular complexity index is 520. The summed E-state index contributed by atoms with van der Waals surface area (Å²) < 4.78 is 4.65. The second kappa shape index (κ2) is 5.18. The molecule has 0 aliphatic rings. The van der Waals surface area contributed by atoms with Crippen molar-refractivity contribution in [1.29, 1.82) is 0 Å². The SMILES string of the molecule is CCc1nn(C)c(CSc2nnnn2C)c1Br. The van der Waals surface area contributed by atoms with Gasteiger partial charge in [0.1, 0.15) is 0 Å². The van der Waals surface area contributed by atoms with Gasteiger partial charge in [0, 0.05) is 19.8 Å². The second-order valence-corrected chi connectivity index (χ2v) is 5.29. The summed E-state index contributed by atoms with van der Waals surface area (Å²) in [5, 5.41) is 16.6. The highest BCUT2D eigenvalue weighted by molar-refractivity contribution is 9.10. The van der Waals surface area contributed by atoms with Crippen LogP contribution in [0.15, 0.2) is 9.63 Å². The average Bonchev–Trinajstić information content (AvgIpc) is 2.82. The topological polar surface area (TPSA) is 61.4 Å². The molecule has 2 aromatic heterocycles. The second-order valence-electron chi connectivity index (χ2n) is 3.56. The van der Waals surface area contributed by atoms with Crippen molar-refractivity contribution in [2.24, 2.45) is 14.1 Å². The summed E-state index contributed by atoms with van der Waals surface area (Å²) in [7, 11) is 3.78. The zero-order valence-electron chi connectivity index (χ0n) is 9.88. The highest BCUT2D eigenvalue weighted by Gasteiger charge is 2.13. The van der Waals surface area contributed by atoms with Crippen LogP contribution in [0.3, 0.4) is 0 Å². The van der Waals surface area contributed by atoms with Crippen LogP contribution in [0.2, 0.25) is 0 Å². The molecule has 2 aromatic rings. The van der Waals surface area contributed by atoms with Gasteiger partial charge in [-0.25, -0.2) is 4.68 Å². The van der Waals surface area contributed by atoms with Gasteiger partial charge >= 0.3 is 0 Å². The molecule has 0 aromatic carbocycles. The molecule has 6 nitrogen and oxygen atoms in total. The normalized spacial score (nSPS) is 11.1. The molecule has 0 fully saturated rings. The lowest BCUT2D eigenvalue weighted by atomic mass is 10.3. The molecule has 0 aliphatic heterocycles. The molecule has 0 bridgehead atoms. The predicted octanol–water partition coefficient (Wildman–Crippen LogP) is 1.56. The van der Waals surface area contributed by atoms with E-state index in [0.717, 1.165) is 33.2 Å². The maximum Gasteiger partial charge on any atom is 0.209 e. The number of thioether (sulfide) groups is 1. The fourth-order valence-electron chi connectivity index (χ4n) is 1.45. The Kier molecular flexibility index (Phi) is 3.82. The number of hydrogen-bond acceptors (Lipinski definition) is 5.